The molecule has 4 nitrogen and oxygen atoms in total. The van der Waals surface area contributed by atoms with Gasteiger partial charge in [0.25, 0.3) is 0 Å². The van der Waals surface area contributed by atoms with Crippen molar-refractivity contribution in [2.75, 3.05) is 4.90 Å². The summed E-state index contributed by atoms with van der Waals surface area (Å²) in [6.07, 6.45) is 3.06. The lowest BCUT2D eigenvalue weighted by Crippen LogP contribution is -2.35. The van der Waals surface area contributed by atoms with Crippen LogP contribution in [-0.4, -0.2) is 16.8 Å². The average Bonchev–Trinajstić information content (AvgIpc) is 2.62. The Morgan fingerprint density at radius 3 is 2.56 bits per heavy atom. The van der Waals surface area contributed by atoms with E-state index in [-0.39, 0.29) is 24.1 Å². The molecule has 96 valence electrons. The highest BCUT2D eigenvalue weighted by molar-refractivity contribution is 6.35. The van der Waals surface area contributed by atoms with Crippen molar-refractivity contribution in [1.29, 1.82) is 0 Å². The second kappa shape index (κ2) is 4.69. The summed E-state index contributed by atoms with van der Waals surface area (Å²) in [5.74, 6) is -0.152. The van der Waals surface area contributed by atoms with Crippen molar-refractivity contribution in [3.63, 3.8) is 0 Å². The van der Waals surface area contributed by atoms with Gasteiger partial charge in [0.15, 0.2) is 5.82 Å². The lowest BCUT2D eigenvalue weighted by molar-refractivity contribution is -0.126. The van der Waals surface area contributed by atoms with Crippen LogP contribution in [0.2, 0.25) is 5.02 Å². The van der Waals surface area contributed by atoms with Crippen LogP contribution < -0.4 is 4.90 Å². The minimum atomic E-state index is -0.585. The third kappa shape index (κ3) is 1.81. The normalized spacial score (nSPS) is 18.5. The van der Waals surface area contributed by atoms with Gasteiger partial charge in [0, 0.05) is 12.6 Å². The molecular formula is C13H15ClN2O2. The fraction of sp³-hybridized carbons (Fsp3) is 0.462. The third-order valence-corrected chi connectivity index (χ3v) is 4.00. The number of rotatable bonds is 3. The van der Waals surface area contributed by atoms with E-state index in [2.05, 4.69) is 4.98 Å². The Bertz CT molecular complexity index is 498. The van der Waals surface area contributed by atoms with E-state index in [1.165, 1.54) is 6.20 Å². The molecule has 0 N–H and O–H groups in total. The zero-order valence-electron chi connectivity index (χ0n) is 10.4. The molecule has 0 saturated carbocycles. The van der Waals surface area contributed by atoms with E-state index in [1.807, 2.05) is 13.8 Å². The number of carbonyl (C=O) groups excluding carboxylic acids is 2. The van der Waals surface area contributed by atoms with Crippen molar-refractivity contribution in [1.82, 2.24) is 4.98 Å². The molecule has 0 spiro atoms. The van der Waals surface area contributed by atoms with Crippen molar-refractivity contribution >= 4 is 29.2 Å². The molecule has 1 aliphatic heterocycles. The predicted molar refractivity (Wildman–Crippen MR) is 69.4 cm³/mol. The van der Waals surface area contributed by atoms with Crippen LogP contribution in [0.4, 0.5) is 5.82 Å². The summed E-state index contributed by atoms with van der Waals surface area (Å²) in [7, 11) is 0. The molecule has 0 radical (unpaired) electrons. The molecule has 1 aliphatic rings. The number of anilines is 1. The number of aromatic nitrogens is 1. The topological polar surface area (TPSA) is 50.3 Å². The SMILES string of the molecule is CCC1(CC)CC(=O)N(c2ncccc2Cl)C1=O. The molecule has 18 heavy (non-hydrogen) atoms. The molecule has 0 aliphatic carbocycles. The molecule has 5 heteroatoms. The van der Waals surface area contributed by atoms with Gasteiger partial charge in [-0.1, -0.05) is 25.4 Å². The van der Waals surface area contributed by atoms with Crippen LogP contribution in [0.1, 0.15) is 33.1 Å². The molecule has 1 saturated heterocycles. The quantitative estimate of drug-likeness (QED) is 0.791. The molecule has 0 atom stereocenters. The smallest absolute Gasteiger partial charge is 0.241 e. The van der Waals surface area contributed by atoms with Gasteiger partial charge in [-0.05, 0) is 25.0 Å². The Kier molecular flexibility index (Phi) is 3.39. The van der Waals surface area contributed by atoms with Crippen LogP contribution in [0, 0.1) is 5.41 Å². The molecule has 2 rings (SSSR count). The van der Waals surface area contributed by atoms with Crippen LogP contribution in [0.25, 0.3) is 0 Å². The second-order valence-corrected chi connectivity index (χ2v) is 4.91. The summed E-state index contributed by atoms with van der Waals surface area (Å²) in [5.41, 5.74) is -0.585. The predicted octanol–water partition coefficient (Wildman–Crippen LogP) is 2.80. The molecule has 0 aromatic carbocycles. The molecule has 1 fully saturated rings. The van der Waals surface area contributed by atoms with E-state index in [4.69, 9.17) is 11.6 Å². The summed E-state index contributed by atoms with van der Waals surface area (Å²) < 4.78 is 0. The fourth-order valence-corrected chi connectivity index (χ4v) is 2.56. The molecular weight excluding hydrogens is 252 g/mol. The van der Waals surface area contributed by atoms with E-state index in [0.717, 1.165) is 4.90 Å². The second-order valence-electron chi connectivity index (χ2n) is 4.51. The van der Waals surface area contributed by atoms with Gasteiger partial charge in [-0.2, -0.15) is 0 Å². The van der Waals surface area contributed by atoms with Gasteiger partial charge in [0.1, 0.15) is 0 Å². The van der Waals surface area contributed by atoms with Crippen molar-refractivity contribution in [3.8, 4) is 0 Å². The molecule has 2 amide bonds. The van der Waals surface area contributed by atoms with Crippen molar-refractivity contribution in [2.24, 2.45) is 5.41 Å². The van der Waals surface area contributed by atoms with Gasteiger partial charge in [-0.3, -0.25) is 9.59 Å². The van der Waals surface area contributed by atoms with E-state index >= 15 is 0 Å². The maximum Gasteiger partial charge on any atom is 0.241 e. The minimum absolute atomic E-state index is 0.182. The zero-order valence-corrected chi connectivity index (χ0v) is 11.2. The molecule has 1 aromatic heterocycles. The van der Waals surface area contributed by atoms with E-state index < -0.39 is 5.41 Å². The number of nitrogens with zero attached hydrogens (tertiary/aromatic N) is 2. The van der Waals surface area contributed by atoms with Crippen LogP contribution in [0.5, 0.6) is 0 Å². The summed E-state index contributed by atoms with van der Waals surface area (Å²) in [5, 5.41) is 0.321. The monoisotopic (exact) mass is 266 g/mol. The highest BCUT2D eigenvalue weighted by Gasteiger charge is 2.50. The first-order chi connectivity index (χ1) is 8.55. The average molecular weight is 267 g/mol. The van der Waals surface area contributed by atoms with Gasteiger partial charge in [-0.25, -0.2) is 9.88 Å². The molecule has 2 heterocycles. The van der Waals surface area contributed by atoms with E-state index in [1.54, 1.807) is 12.1 Å². The summed E-state index contributed by atoms with van der Waals surface area (Å²) >= 11 is 6.01. The number of carbonyl (C=O) groups is 2. The summed E-state index contributed by atoms with van der Waals surface area (Å²) in [6.45, 7) is 3.86. The lowest BCUT2D eigenvalue weighted by atomic mass is 9.81. The maximum absolute atomic E-state index is 12.5. The highest BCUT2D eigenvalue weighted by Crippen LogP contribution is 2.41. The highest BCUT2D eigenvalue weighted by atomic mass is 35.5. The zero-order chi connectivity index (χ0) is 13.3. The Labute approximate surface area is 111 Å². The number of imide groups is 1. The van der Waals surface area contributed by atoms with Crippen molar-refractivity contribution < 1.29 is 9.59 Å². The van der Waals surface area contributed by atoms with E-state index in [0.29, 0.717) is 17.9 Å². The Morgan fingerprint density at radius 1 is 1.39 bits per heavy atom. The van der Waals surface area contributed by atoms with Crippen LogP contribution in [0.15, 0.2) is 18.3 Å². The Balaban J connectivity index is 2.45. The number of hydrogen-bond donors (Lipinski definition) is 0. The first-order valence-corrected chi connectivity index (χ1v) is 6.41. The van der Waals surface area contributed by atoms with Crippen LogP contribution in [-0.2, 0) is 9.59 Å². The summed E-state index contributed by atoms with van der Waals surface area (Å²) in [4.78, 5) is 29.7. The third-order valence-electron chi connectivity index (χ3n) is 3.70. The van der Waals surface area contributed by atoms with Crippen LogP contribution >= 0.6 is 11.6 Å². The number of halogens is 1. The van der Waals surface area contributed by atoms with Gasteiger partial charge < -0.3 is 0 Å². The minimum Gasteiger partial charge on any atom is -0.274 e. The Morgan fingerprint density at radius 2 is 2.06 bits per heavy atom. The van der Waals surface area contributed by atoms with Crippen molar-refractivity contribution in [2.45, 2.75) is 33.1 Å². The molecule has 0 unspecified atom stereocenters. The maximum atomic E-state index is 12.5. The van der Waals surface area contributed by atoms with Gasteiger partial charge in [-0.15, -0.1) is 0 Å². The van der Waals surface area contributed by atoms with Crippen LogP contribution in [0.3, 0.4) is 0 Å². The summed E-state index contributed by atoms with van der Waals surface area (Å²) in [6, 6.07) is 3.30. The first-order valence-electron chi connectivity index (χ1n) is 6.03. The lowest BCUT2D eigenvalue weighted by Gasteiger charge is -2.23. The van der Waals surface area contributed by atoms with Gasteiger partial charge in [0.05, 0.1) is 10.4 Å². The fourth-order valence-electron chi connectivity index (χ4n) is 2.35. The molecule has 0 bridgehead atoms. The molecule has 1 aromatic rings. The van der Waals surface area contributed by atoms with E-state index in [9.17, 15) is 9.59 Å². The van der Waals surface area contributed by atoms with Gasteiger partial charge >= 0.3 is 0 Å². The standard InChI is InChI=1S/C13H15ClN2O2/c1-3-13(4-2)8-10(17)16(12(13)18)11-9(14)6-5-7-15-11/h5-7H,3-4,8H2,1-2H3. The van der Waals surface area contributed by atoms with Gasteiger partial charge in [0.2, 0.25) is 11.8 Å². The van der Waals surface area contributed by atoms with Crippen molar-refractivity contribution in [3.05, 3.63) is 23.4 Å². The number of amides is 2. The largest absolute Gasteiger partial charge is 0.274 e. The number of hydrogen-bond acceptors (Lipinski definition) is 3. The first kappa shape index (κ1) is 13.0. The number of pyridine rings is 1. The Hall–Kier alpha value is -1.42.